The quantitative estimate of drug-likeness (QED) is 0.0100. The molecule has 670 valence electrons. The third-order valence-corrected chi connectivity index (χ3v) is 26.7. The number of hydrogen-bond acceptors (Lipinski definition) is 22. The summed E-state index contributed by atoms with van der Waals surface area (Å²) in [5, 5.41) is 27.8. The number of anilines is 1. The van der Waals surface area contributed by atoms with Crippen molar-refractivity contribution in [3.05, 3.63) is 224 Å². The number of hydrogen-bond donors (Lipinski definition) is 8. The summed E-state index contributed by atoms with van der Waals surface area (Å²) >= 11 is 12.4. The summed E-state index contributed by atoms with van der Waals surface area (Å²) in [5.74, 6) is 2.48. The second-order valence-corrected chi connectivity index (χ2v) is 39.0. The summed E-state index contributed by atoms with van der Waals surface area (Å²) in [5.41, 5.74) is 13.8. The van der Waals surface area contributed by atoms with Crippen LogP contribution >= 0.6 is 23.2 Å². The molecule has 3 unspecified atom stereocenters. The highest BCUT2D eigenvalue weighted by Gasteiger charge is 2.49. The Labute approximate surface area is 740 Å². The number of aryl methyl sites for hydroxylation is 2. The number of allylic oxidation sites excluding steroid dienone is 5. The highest BCUT2D eigenvalue weighted by molar-refractivity contribution is 7.86. The first-order valence-corrected chi connectivity index (χ1v) is 48.4. The molecule has 9 N–H and O–H groups in total. The molecular weight excluding hydrogens is 1720 g/mol. The van der Waals surface area contributed by atoms with Crippen molar-refractivity contribution < 1.29 is 80.6 Å². The molecule has 0 spiro atoms. The number of fused-ring (bicyclic) bond motifs is 8. The van der Waals surface area contributed by atoms with Gasteiger partial charge in [-0.3, -0.25) is 52.1 Å². The van der Waals surface area contributed by atoms with Gasteiger partial charge in [0.15, 0.2) is 11.6 Å². The van der Waals surface area contributed by atoms with E-state index in [2.05, 4.69) is 36.3 Å². The maximum Gasteiger partial charge on any atom is 0.294 e. The molecule has 0 saturated heterocycles. The zero-order chi connectivity index (χ0) is 90.2. The van der Waals surface area contributed by atoms with Crippen LogP contribution in [0.5, 0.6) is 11.5 Å². The van der Waals surface area contributed by atoms with E-state index in [0.29, 0.717) is 139 Å². The van der Waals surface area contributed by atoms with E-state index >= 15 is 0 Å². The lowest BCUT2D eigenvalue weighted by Crippen LogP contribution is -3.10. The lowest BCUT2D eigenvalue weighted by molar-refractivity contribution is -0.850. The Hall–Kier alpha value is -9.89. The molecule has 0 bridgehead atoms. The number of nitrogens with zero attached hydrogens (tertiary/aromatic N) is 9. The van der Waals surface area contributed by atoms with E-state index < -0.39 is 74.9 Å². The molecule has 4 aliphatic rings. The number of aromatic nitrogens is 6. The van der Waals surface area contributed by atoms with Crippen LogP contribution in [0.25, 0.3) is 11.4 Å². The molecule has 125 heavy (non-hydrogen) atoms. The number of unbranched alkanes of at least 4 members (excludes halogenated alkanes) is 8. The molecule has 12 rings (SSSR count). The van der Waals surface area contributed by atoms with Crippen LogP contribution in [0.3, 0.4) is 0 Å². The van der Waals surface area contributed by atoms with E-state index in [1.165, 1.54) is 24.3 Å². The maximum absolute atomic E-state index is 13.5. The number of nitrogens with two attached hydrogens (primary N) is 1. The molecule has 6 heterocycles. The number of methoxy groups -OCH3 is 2. The normalized spacial score (nSPS) is 18.0. The van der Waals surface area contributed by atoms with E-state index in [-0.39, 0.29) is 78.6 Å². The van der Waals surface area contributed by atoms with Crippen molar-refractivity contribution in [2.45, 2.75) is 183 Å². The first-order chi connectivity index (χ1) is 59.4. The van der Waals surface area contributed by atoms with Crippen LogP contribution in [0, 0.1) is 13.8 Å². The first-order valence-electron chi connectivity index (χ1n) is 41.6. The number of aliphatic imine (C=N–C) groups is 2. The van der Waals surface area contributed by atoms with Crippen molar-refractivity contribution in [3.63, 3.8) is 0 Å². The summed E-state index contributed by atoms with van der Waals surface area (Å²) in [7, 11) is -14.7. The largest absolute Gasteiger partial charge is 0.748 e. The van der Waals surface area contributed by atoms with Crippen LogP contribution < -0.4 is 41.0 Å². The van der Waals surface area contributed by atoms with Gasteiger partial charge in [0.25, 0.3) is 30.4 Å². The predicted octanol–water partition coefficient (Wildman–Crippen LogP) is 11.8. The van der Waals surface area contributed by atoms with Crippen LogP contribution in [0.2, 0.25) is 10.0 Å². The van der Waals surface area contributed by atoms with Gasteiger partial charge >= 0.3 is 0 Å². The van der Waals surface area contributed by atoms with Crippen molar-refractivity contribution in [1.82, 2.24) is 45.5 Å². The zero-order valence-electron chi connectivity index (χ0n) is 70.9. The Bertz CT molecular complexity index is 5880. The third-order valence-electron chi connectivity index (χ3n) is 22.9. The minimum absolute atomic E-state index is 0.0209. The third kappa shape index (κ3) is 24.5. The molecule has 2 aromatic heterocycles. The molecule has 8 aromatic rings. The minimum Gasteiger partial charge on any atom is -0.748 e. The second kappa shape index (κ2) is 42.1. The van der Waals surface area contributed by atoms with E-state index in [9.17, 15) is 66.3 Å². The van der Waals surface area contributed by atoms with Crippen molar-refractivity contribution in [2.24, 2.45) is 15.7 Å². The summed E-state index contributed by atoms with van der Waals surface area (Å²) in [6.07, 6.45) is 17.8. The fourth-order valence-electron chi connectivity index (χ4n) is 16.6. The van der Waals surface area contributed by atoms with E-state index in [0.717, 1.165) is 87.1 Å². The van der Waals surface area contributed by atoms with Crippen molar-refractivity contribution in [1.29, 1.82) is 0 Å². The Morgan fingerprint density at radius 2 is 1.04 bits per heavy atom. The van der Waals surface area contributed by atoms with Crippen LogP contribution in [0.15, 0.2) is 177 Å². The Morgan fingerprint density at radius 3 is 1.54 bits per heavy atom. The number of halogens is 2. The van der Waals surface area contributed by atoms with Gasteiger partial charge in [0, 0.05) is 99.1 Å². The van der Waals surface area contributed by atoms with Gasteiger partial charge < -0.3 is 40.6 Å². The van der Waals surface area contributed by atoms with Crippen LogP contribution in [0.1, 0.15) is 199 Å². The van der Waals surface area contributed by atoms with Gasteiger partial charge in [0.2, 0.25) is 17.7 Å². The summed E-state index contributed by atoms with van der Waals surface area (Å²) in [6, 6.07) is 33.6. The predicted molar refractivity (Wildman–Crippen MR) is 478 cm³/mol. The SMILES string of the molecule is COc1ccc2c(c1)C(c1ccc(Cl)cc1)=N[C@@H](CC(=O)NCCCCCN)c1nnc(C)n1-2.COc1ccc2c(c1)C(c1ccc(Cl)cc1)=N[C@@H](CC(=O)NCCCCCNC(=O)CCCCCC1(C)/C(=C/C=C/C=C/C3[NH+](CCCCS(=O)(=O)O)c4ccc(S(=O)(=O)O)cc4C3(C)C)N(CCCCS(=O)(=O)[O-])c3ccc(S(=O)(=O)O)cc31)c1nnc(C)n1-2. The highest BCUT2D eigenvalue weighted by atomic mass is 35.5. The Kier molecular flexibility index (Phi) is 32.3. The van der Waals surface area contributed by atoms with Gasteiger partial charge in [-0.1, -0.05) is 85.0 Å². The fraction of sp³-hybridized carbons (Fsp3) is 0.420. The van der Waals surface area contributed by atoms with Gasteiger partial charge in [-0.2, -0.15) is 25.3 Å². The second-order valence-electron chi connectivity index (χ2n) is 32.2. The lowest BCUT2D eigenvalue weighted by Gasteiger charge is -2.30. The molecule has 3 amide bonds. The Morgan fingerprint density at radius 1 is 0.552 bits per heavy atom. The number of carbonyl (C=O) groups excluding carboxylic acids is 3. The summed E-state index contributed by atoms with van der Waals surface area (Å²) in [4.78, 5) is 51.9. The van der Waals surface area contributed by atoms with Gasteiger partial charge in [-0.15, -0.1) is 20.4 Å². The van der Waals surface area contributed by atoms with Gasteiger partial charge in [-0.05, 0) is 221 Å². The van der Waals surface area contributed by atoms with Crippen molar-refractivity contribution >= 4 is 104 Å². The highest BCUT2D eigenvalue weighted by Crippen LogP contribution is 2.52. The molecule has 31 nitrogen and oxygen atoms in total. The van der Waals surface area contributed by atoms with Crippen LogP contribution in [-0.4, -0.2) is 182 Å². The number of amides is 3. The molecule has 0 fully saturated rings. The molecule has 5 atom stereocenters. The molecule has 0 aliphatic carbocycles. The number of ether oxygens (including phenoxy) is 2. The number of quaternary nitrogens is 1. The maximum atomic E-state index is 13.5. The van der Waals surface area contributed by atoms with Crippen molar-refractivity contribution in [3.8, 4) is 22.9 Å². The van der Waals surface area contributed by atoms with Crippen LogP contribution in [0.4, 0.5) is 11.4 Å². The monoisotopic (exact) mass is 1830 g/mol. The van der Waals surface area contributed by atoms with Crippen LogP contribution in [-0.2, 0) is 65.7 Å². The summed E-state index contributed by atoms with van der Waals surface area (Å²) < 4.78 is 152. The van der Waals surface area contributed by atoms with E-state index in [1.54, 1.807) is 50.6 Å². The molecule has 0 radical (unpaired) electrons. The number of rotatable bonds is 40. The minimum atomic E-state index is -4.65. The molecule has 0 saturated carbocycles. The lowest BCUT2D eigenvalue weighted by atomic mass is 9.77. The molecule has 6 aromatic carbocycles. The fourth-order valence-corrected chi connectivity index (χ4v) is 19.0. The zero-order valence-corrected chi connectivity index (χ0v) is 75.7. The number of benzene rings is 6. The molecular formula is C88H108Cl2N14O17S4. The molecule has 37 heteroatoms. The van der Waals surface area contributed by atoms with Gasteiger partial charge in [0.1, 0.15) is 47.0 Å². The van der Waals surface area contributed by atoms with Gasteiger partial charge in [0.05, 0.1) is 87.5 Å². The topological polar surface area (TPSA) is 446 Å². The summed E-state index contributed by atoms with van der Waals surface area (Å²) in [6.45, 7) is 12.4. The average Bonchev–Trinajstić information content (AvgIpc) is 1.59. The Balaban J connectivity index is 0.000000370. The molecule has 4 aliphatic heterocycles. The van der Waals surface area contributed by atoms with Gasteiger partial charge in [-0.25, -0.2) is 8.42 Å². The average molecular weight is 1830 g/mol. The van der Waals surface area contributed by atoms with E-state index in [1.807, 2.05) is 140 Å². The standard InChI is InChI=1S/C63H79ClN8O15S4.C25H29ClN6O2/c1-43-68-69-61-52(67-60(44-22-24-45(64)25-23-44)49-39-46(87-5)26-29-53(49)72(43)61)42-59(74)66-34-14-8-13-33-65-58(73)21-11-7-12-32-63(4)51-41-48(91(84,85)86)28-31-55(51)71(36-16-18-38-89(78,79)80)57(63)20-10-6-9-19-56-62(2,3)50-40-47(90(81,82)83)27-30-54(50)70(56)35-15-17-37-88(75,76)77;1-16-30-31-25-21(15-23(33)28-13-5-3-4-12-27)29-24(17-6-8-18(26)9-7-17)20-14-19(34-2)10-11-22(20)32(16)25/h6,9-10,19-20,22-31,39-41,52,56H,7-8,11-18,21,32-38,42H2,1-5H3,(H,65,73)(H,66,74)(H,75,76,77)(H,78,79,80)(H,81,82,83)(H,84,85,86);6-11,14,21H,3-5,12-13,15,27H2,1-2H3,(H,28,33)/b10-6+,19-9+,57-20-;/t52-,56?,63?;21-/m00/s1. The van der Waals surface area contributed by atoms with Crippen molar-refractivity contribution in [2.75, 3.05) is 69.9 Å². The smallest absolute Gasteiger partial charge is 0.294 e. The number of nitrogens with one attached hydrogen (secondary N) is 4. The first kappa shape index (κ1) is 95.8. The number of carbonyl (C=O) groups is 3. The van der Waals surface area contributed by atoms with E-state index in [4.69, 9.17) is 48.4 Å².